The second-order valence-corrected chi connectivity index (χ2v) is 6.97. The van der Waals surface area contributed by atoms with E-state index in [2.05, 4.69) is 0 Å². The van der Waals surface area contributed by atoms with Crippen LogP contribution in [0.2, 0.25) is 0 Å². The number of ketones is 2. The van der Waals surface area contributed by atoms with Gasteiger partial charge in [-0.25, -0.2) is 0 Å². The van der Waals surface area contributed by atoms with Crippen molar-refractivity contribution in [2.24, 2.45) is 0 Å². The molecule has 0 amide bonds. The molecular weight excluding hydrogens is 348 g/mol. The van der Waals surface area contributed by atoms with E-state index in [1.165, 1.54) is 0 Å². The smallest absolute Gasteiger partial charge is 0.234 e. The van der Waals surface area contributed by atoms with Crippen molar-refractivity contribution in [3.63, 3.8) is 0 Å². The second kappa shape index (κ2) is 5.79. The van der Waals surface area contributed by atoms with Crippen LogP contribution >= 0.6 is 0 Å². The first-order chi connectivity index (χ1) is 13.5. The van der Waals surface area contributed by atoms with E-state index >= 15 is 0 Å². The SMILES string of the molecule is Nc1ccc(-c2ccc3c4c(ccc(-c5ccc(N)cc5)c24)C(=O)C3=O)cc1. The molecule has 4 heteroatoms. The molecular formula is C24H16N2O2. The summed E-state index contributed by atoms with van der Waals surface area (Å²) in [7, 11) is 0. The first-order valence-electron chi connectivity index (χ1n) is 8.95. The van der Waals surface area contributed by atoms with Crippen LogP contribution in [-0.4, -0.2) is 11.6 Å². The minimum absolute atomic E-state index is 0.446. The molecule has 0 saturated heterocycles. The molecule has 28 heavy (non-hydrogen) atoms. The fraction of sp³-hybridized carbons (Fsp3) is 0. The predicted molar refractivity (Wildman–Crippen MR) is 112 cm³/mol. The van der Waals surface area contributed by atoms with Crippen LogP contribution in [0.25, 0.3) is 33.0 Å². The van der Waals surface area contributed by atoms with E-state index in [1.807, 2.05) is 60.7 Å². The summed E-state index contributed by atoms with van der Waals surface area (Å²) in [6.07, 6.45) is 0. The van der Waals surface area contributed by atoms with E-state index in [1.54, 1.807) is 12.1 Å². The summed E-state index contributed by atoms with van der Waals surface area (Å²) in [5.41, 5.74) is 17.8. The maximum absolute atomic E-state index is 12.5. The van der Waals surface area contributed by atoms with Gasteiger partial charge in [0.25, 0.3) is 0 Å². The number of hydrogen-bond donors (Lipinski definition) is 2. The Bertz CT molecular complexity index is 1190. The first kappa shape index (κ1) is 16.3. The predicted octanol–water partition coefficient (Wildman–Crippen LogP) is 4.72. The Balaban J connectivity index is 1.91. The van der Waals surface area contributed by atoms with Crippen LogP contribution in [0, 0.1) is 0 Å². The zero-order valence-corrected chi connectivity index (χ0v) is 14.9. The van der Waals surface area contributed by atoms with Crippen molar-refractivity contribution < 1.29 is 9.59 Å². The highest BCUT2D eigenvalue weighted by atomic mass is 16.2. The Kier molecular flexibility index (Phi) is 3.36. The maximum atomic E-state index is 12.5. The van der Waals surface area contributed by atoms with Gasteiger partial charge in [0.2, 0.25) is 11.6 Å². The summed E-state index contributed by atoms with van der Waals surface area (Å²) < 4.78 is 0. The van der Waals surface area contributed by atoms with Gasteiger partial charge in [0.05, 0.1) is 0 Å². The van der Waals surface area contributed by atoms with Gasteiger partial charge in [-0.2, -0.15) is 0 Å². The van der Waals surface area contributed by atoms with Gasteiger partial charge in [0.15, 0.2) is 0 Å². The molecule has 4 aromatic carbocycles. The number of carbonyl (C=O) groups excluding carboxylic acids is 2. The van der Waals surface area contributed by atoms with E-state index in [-0.39, 0.29) is 0 Å². The summed E-state index contributed by atoms with van der Waals surface area (Å²) in [6.45, 7) is 0. The van der Waals surface area contributed by atoms with E-state index in [0.29, 0.717) is 22.5 Å². The Labute approximate surface area is 161 Å². The van der Waals surface area contributed by atoms with Gasteiger partial charge >= 0.3 is 0 Å². The summed E-state index contributed by atoms with van der Waals surface area (Å²) in [4.78, 5) is 25.0. The molecule has 5 rings (SSSR count). The zero-order valence-electron chi connectivity index (χ0n) is 14.9. The molecule has 4 aromatic rings. The molecule has 134 valence electrons. The van der Waals surface area contributed by atoms with E-state index in [9.17, 15) is 9.59 Å². The molecule has 4 N–H and O–H groups in total. The fourth-order valence-electron chi connectivity index (χ4n) is 3.93. The monoisotopic (exact) mass is 364 g/mol. The van der Waals surface area contributed by atoms with Crippen LogP contribution in [0.15, 0.2) is 72.8 Å². The quantitative estimate of drug-likeness (QED) is 0.398. The minimum Gasteiger partial charge on any atom is -0.399 e. The third-order valence-corrected chi connectivity index (χ3v) is 5.30. The summed E-state index contributed by atoms with van der Waals surface area (Å²) in [5.74, 6) is -0.892. The van der Waals surface area contributed by atoms with Crippen molar-refractivity contribution >= 4 is 33.7 Å². The lowest BCUT2D eigenvalue weighted by atomic mass is 9.89. The molecule has 0 fully saturated rings. The Hall–Kier alpha value is -3.92. The molecule has 0 aromatic heterocycles. The Morgan fingerprint density at radius 1 is 0.429 bits per heavy atom. The van der Waals surface area contributed by atoms with Gasteiger partial charge < -0.3 is 11.5 Å². The molecule has 1 aliphatic carbocycles. The van der Waals surface area contributed by atoms with Gasteiger partial charge in [-0.05, 0) is 64.0 Å². The number of nitrogen functional groups attached to an aromatic ring is 2. The molecule has 0 unspecified atom stereocenters. The third-order valence-electron chi connectivity index (χ3n) is 5.30. The maximum Gasteiger partial charge on any atom is 0.234 e. The number of nitrogens with two attached hydrogens (primary N) is 2. The second-order valence-electron chi connectivity index (χ2n) is 6.97. The van der Waals surface area contributed by atoms with Gasteiger partial charge in [-0.1, -0.05) is 36.4 Å². The largest absolute Gasteiger partial charge is 0.399 e. The van der Waals surface area contributed by atoms with Crippen molar-refractivity contribution in [3.8, 4) is 22.3 Å². The molecule has 0 saturated carbocycles. The molecule has 0 aliphatic heterocycles. The van der Waals surface area contributed by atoms with Crippen molar-refractivity contribution in [2.75, 3.05) is 11.5 Å². The molecule has 0 spiro atoms. The first-order valence-corrected chi connectivity index (χ1v) is 8.95. The lowest BCUT2D eigenvalue weighted by Gasteiger charge is -2.14. The van der Waals surface area contributed by atoms with E-state index in [0.717, 1.165) is 33.0 Å². The van der Waals surface area contributed by atoms with Crippen molar-refractivity contribution in [3.05, 3.63) is 83.9 Å². The molecule has 0 heterocycles. The van der Waals surface area contributed by atoms with Gasteiger partial charge in [0.1, 0.15) is 0 Å². The lowest BCUT2D eigenvalue weighted by Crippen LogP contribution is -2.05. The molecule has 1 aliphatic rings. The zero-order chi connectivity index (χ0) is 19.4. The van der Waals surface area contributed by atoms with Crippen molar-refractivity contribution in [1.29, 1.82) is 0 Å². The van der Waals surface area contributed by atoms with E-state index < -0.39 is 11.6 Å². The number of anilines is 2. The van der Waals surface area contributed by atoms with E-state index in [4.69, 9.17) is 11.5 Å². The van der Waals surface area contributed by atoms with Crippen LogP contribution in [0.3, 0.4) is 0 Å². The number of carbonyl (C=O) groups is 2. The van der Waals surface area contributed by atoms with Crippen LogP contribution in [0.1, 0.15) is 20.7 Å². The summed E-state index contributed by atoms with van der Waals surface area (Å²) >= 11 is 0. The van der Waals surface area contributed by atoms with Crippen LogP contribution in [0.4, 0.5) is 11.4 Å². The minimum atomic E-state index is -0.446. The highest BCUT2D eigenvalue weighted by molar-refractivity contribution is 6.57. The molecule has 0 radical (unpaired) electrons. The van der Waals surface area contributed by atoms with Crippen molar-refractivity contribution in [2.45, 2.75) is 0 Å². The lowest BCUT2D eigenvalue weighted by molar-refractivity contribution is 0.0825. The van der Waals surface area contributed by atoms with Crippen LogP contribution < -0.4 is 11.5 Å². The topological polar surface area (TPSA) is 86.2 Å². The number of rotatable bonds is 2. The van der Waals surface area contributed by atoms with Gasteiger partial charge in [-0.3, -0.25) is 9.59 Å². The Morgan fingerprint density at radius 2 is 0.750 bits per heavy atom. The average molecular weight is 364 g/mol. The number of benzene rings is 4. The molecule has 0 atom stereocenters. The number of Topliss-reactive ketones (excluding diaryl/α,β-unsaturated/α-hetero) is 2. The summed E-state index contributed by atoms with van der Waals surface area (Å²) in [5, 5.41) is 1.61. The highest BCUT2D eigenvalue weighted by Crippen LogP contribution is 2.42. The van der Waals surface area contributed by atoms with Crippen LogP contribution in [0.5, 0.6) is 0 Å². The highest BCUT2D eigenvalue weighted by Gasteiger charge is 2.32. The van der Waals surface area contributed by atoms with Gasteiger partial charge in [0, 0.05) is 27.9 Å². The third kappa shape index (κ3) is 2.25. The molecule has 0 bridgehead atoms. The van der Waals surface area contributed by atoms with Gasteiger partial charge in [-0.15, -0.1) is 0 Å². The average Bonchev–Trinajstić information content (AvgIpc) is 2.96. The molecule has 4 nitrogen and oxygen atoms in total. The standard InChI is InChI=1S/C24H16N2O2/c25-15-5-1-13(2-6-15)17-9-11-19-22-20(24(28)23(19)27)12-10-18(21(17)22)14-3-7-16(26)8-4-14/h1-12H,25-26H2. The normalized spacial score (nSPS) is 12.7. The Morgan fingerprint density at radius 3 is 1.14 bits per heavy atom. The number of hydrogen-bond acceptors (Lipinski definition) is 4. The fourth-order valence-corrected chi connectivity index (χ4v) is 3.93. The van der Waals surface area contributed by atoms with Crippen LogP contribution in [-0.2, 0) is 0 Å². The summed E-state index contributed by atoms with van der Waals surface area (Å²) in [6, 6.07) is 22.5. The van der Waals surface area contributed by atoms with Crippen molar-refractivity contribution in [1.82, 2.24) is 0 Å².